The molecule has 2 amide bonds. The summed E-state index contributed by atoms with van der Waals surface area (Å²) in [6, 6.07) is 9.22. The minimum absolute atomic E-state index is 0.0565. The highest BCUT2D eigenvalue weighted by Gasteiger charge is 2.22. The van der Waals surface area contributed by atoms with Gasteiger partial charge in [-0.1, -0.05) is 11.6 Å². The minimum Gasteiger partial charge on any atom is -0.496 e. The van der Waals surface area contributed by atoms with Crippen LogP contribution in [0.25, 0.3) is 0 Å². The molecule has 2 rings (SSSR count). The first-order chi connectivity index (χ1) is 13.2. The van der Waals surface area contributed by atoms with Crippen LogP contribution in [0.3, 0.4) is 0 Å². The SMILES string of the molecule is COc1cc(N)c(Cl)cc1C(=O)O[C@H](C)C(=O)Nc1ccc(NC(C)=O)cc1. The molecule has 0 aliphatic carbocycles. The molecule has 0 fully saturated rings. The van der Waals surface area contributed by atoms with E-state index in [0.717, 1.165) is 0 Å². The lowest BCUT2D eigenvalue weighted by molar-refractivity contribution is -0.123. The third kappa shape index (κ3) is 5.37. The summed E-state index contributed by atoms with van der Waals surface area (Å²) in [5.41, 5.74) is 7.07. The molecule has 0 aromatic heterocycles. The normalized spacial score (nSPS) is 11.3. The maximum Gasteiger partial charge on any atom is 0.342 e. The molecule has 0 saturated carbocycles. The number of halogens is 1. The first kappa shape index (κ1) is 21.0. The zero-order valence-electron chi connectivity index (χ0n) is 15.5. The summed E-state index contributed by atoms with van der Waals surface area (Å²) in [6.45, 7) is 2.83. The third-order valence-corrected chi connectivity index (χ3v) is 3.99. The number of hydrogen-bond acceptors (Lipinski definition) is 6. The van der Waals surface area contributed by atoms with E-state index in [4.69, 9.17) is 26.8 Å². The summed E-state index contributed by atoms with van der Waals surface area (Å²) in [7, 11) is 1.38. The number of nitrogen functional groups attached to an aromatic ring is 1. The van der Waals surface area contributed by atoms with Crippen molar-refractivity contribution < 1.29 is 23.9 Å². The average Bonchev–Trinajstić information content (AvgIpc) is 2.64. The van der Waals surface area contributed by atoms with Crippen molar-refractivity contribution >= 4 is 46.4 Å². The van der Waals surface area contributed by atoms with Gasteiger partial charge in [0.25, 0.3) is 5.91 Å². The molecule has 148 valence electrons. The predicted molar refractivity (Wildman–Crippen MR) is 107 cm³/mol. The van der Waals surface area contributed by atoms with E-state index >= 15 is 0 Å². The van der Waals surface area contributed by atoms with E-state index in [1.807, 2.05) is 0 Å². The number of nitrogens with one attached hydrogen (secondary N) is 2. The van der Waals surface area contributed by atoms with Crippen LogP contribution < -0.4 is 21.1 Å². The van der Waals surface area contributed by atoms with Crippen LogP contribution in [0.15, 0.2) is 36.4 Å². The minimum atomic E-state index is -1.08. The Balaban J connectivity index is 2.03. The summed E-state index contributed by atoms with van der Waals surface area (Å²) in [5, 5.41) is 5.41. The number of ether oxygens (including phenoxy) is 2. The monoisotopic (exact) mass is 405 g/mol. The molecular weight excluding hydrogens is 386 g/mol. The number of carbonyl (C=O) groups is 3. The summed E-state index contributed by atoms with van der Waals surface area (Å²) in [6.07, 6.45) is -1.08. The van der Waals surface area contributed by atoms with Crippen molar-refractivity contribution in [3.63, 3.8) is 0 Å². The predicted octanol–water partition coefficient (Wildman–Crippen LogP) is 3.07. The van der Waals surface area contributed by atoms with Crippen LogP contribution in [0.2, 0.25) is 5.02 Å². The van der Waals surface area contributed by atoms with Crippen molar-refractivity contribution in [2.45, 2.75) is 20.0 Å². The lowest BCUT2D eigenvalue weighted by Crippen LogP contribution is -2.30. The van der Waals surface area contributed by atoms with Crippen LogP contribution in [0, 0.1) is 0 Å². The van der Waals surface area contributed by atoms with Gasteiger partial charge in [-0.05, 0) is 37.3 Å². The van der Waals surface area contributed by atoms with Crippen molar-refractivity contribution in [3.8, 4) is 5.75 Å². The molecule has 28 heavy (non-hydrogen) atoms. The van der Waals surface area contributed by atoms with Gasteiger partial charge in [-0.15, -0.1) is 0 Å². The van der Waals surface area contributed by atoms with Crippen LogP contribution in [0.1, 0.15) is 24.2 Å². The fourth-order valence-electron chi connectivity index (χ4n) is 2.26. The Morgan fingerprint density at radius 2 is 1.64 bits per heavy atom. The second kappa shape index (κ2) is 9.09. The first-order valence-corrected chi connectivity index (χ1v) is 8.61. The number of anilines is 3. The lowest BCUT2D eigenvalue weighted by atomic mass is 10.2. The molecule has 0 bridgehead atoms. The van der Waals surface area contributed by atoms with Crippen LogP contribution in [-0.4, -0.2) is 31.0 Å². The highest BCUT2D eigenvalue weighted by molar-refractivity contribution is 6.33. The smallest absolute Gasteiger partial charge is 0.342 e. The van der Waals surface area contributed by atoms with Gasteiger partial charge in [-0.2, -0.15) is 0 Å². The Hall–Kier alpha value is -3.26. The topological polar surface area (TPSA) is 120 Å². The van der Waals surface area contributed by atoms with Crippen molar-refractivity contribution in [2.75, 3.05) is 23.5 Å². The molecule has 1 atom stereocenters. The summed E-state index contributed by atoms with van der Waals surface area (Å²) in [5.74, 6) is -1.31. The Labute approximate surface area is 166 Å². The molecule has 8 nitrogen and oxygen atoms in total. The van der Waals surface area contributed by atoms with Gasteiger partial charge in [-0.25, -0.2) is 4.79 Å². The van der Waals surface area contributed by atoms with E-state index in [2.05, 4.69) is 10.6 Å². The van der Waals surface area contributed by atoms with E-state index < -0.39 is 18.0 Å². The van der Waals surface area contributed by atoms with Gasteiger partial charge in [0.1, 0.15) is 11.3 Å². The first-order valence-electron chi connectivity index (χ1n) is 8.23. The quantitative estimate of drug-likeness (QED) is 0.501. The van der Waals surface area contributed by atoms with Crippen LogP contribution >= 0.6 is 11.6 Å². The van der Waals surface area contributed by atoms with Gasteiger partial charge in [-0.3, -0.25) is 9.59 Å². The summed E-state index contributed by atoms with van der Waals surface area (Å²) in [4.78, 5) is 35.7. The summed E-state index contributed by atoms with van der Waals surface area (Å²) >= 11 is 5.94. The number of methoxy groups -OCH3 is 1. The van der Waals surface area contributed by atoms with E-state index in [1.54, 1.807) is 24.3 Å². The molecule has 0 aliphatic rings. The Morgan fingerprint density at radius 3 is 2.18 bits per heavy atom. The largest absolute Gasteiger partial charge is 0.496 e. The van der Waals surface area contributed by atoms with E-state index in [0.29, 0.717) is 11.4 Å². The van der Waals surface area contributed by atoms with Gasteiger partial charge in [0.05, 0.1) is 17.8 Å². The van der Waals surface area contributed by atoms with E-state index in [9.17, 15) is 14.4 Å². The number of nitrogens with two attached hydrogens (primary N) is 1. The standard InChI is InChI=1S/C19H20ClN3O5/c1-10(18(25)23-13-6-4-12(5-7-13)22-11(2)24)28-19(26)14-8-15(20)16(21)9-17(14)27-3/h4-10H,21H2,1-3H3,(H,22,24)(H,23,25)/t10-/m1/s1. The Kier molecular flexibility index (Phi) is 6.84. The van der Waals surface area contributed by atoms with Crippen molar-refractivity contribution in [3.05, 3.63) is 47.0 Å². The van der Waals surface area contributed by atoms with Gasteiger partial charge in [0.15, 0.2) is 6.10 Å². The maximum atomic E-state index is 12.4. The zero-order valence-corrected chi connectivity index (χ0v) is 16.3. The molecular formula is C19H20ClN3O5. The fraction of sp³-hybridized carbons (Fsp3) is 0.211. The van der Waals surface area contributed by atoms with Gasteiger partial charge < -0.3 is 25.8 Å². The third-order valence-electron chi connectivity index (χ3n) is 3.66. The van der Waals surface area contributed by atoms with Gasteiger partial charge in [0, 0.05) is 24.4 Å². The highest BCUT2D eigenvalue weighted by atomic mass is 35.5. The molecule has 0 unspecified atom stereocenters. The van der Waals surface area contributed by atoms with Gasteiger partial charge >= 0.3 is 5.97 Å². The Morgan fingerprint density at radius 1 is 1.07 bits per heavy atom. The molecule has 2 aromatic carbocycles. The summed E-state index contributed by atoms with van der Waals surface area (Å²) < 4.78 is 10.3. The van der Waals surface area contributed by atoms with Crippen LogP contribution in [0.4, 0.5) is 17.1 Å². The number of benzene rings is 2. The van der Waals surface area contributed by atoms with Crippen LogP contribution in [0.5, 0.6) is 5.75 Å². The molecule has 0 saturated heterocycles. The number of carbonyl (C=O) groups excluding carboxylic acids is 3. The molecule has 0 radical (unpaired) electrons. The number of esters is 1. The van der Waals surface area contributed by atoms with E-state index in [-0.39, 0.29) is 27.9 Å². The highest BCUT2D eigenvalue weighted by Crippen LogP contribution is 2.29. The second-order valence-corrected chi connectivity index (χ2v) is 6.28. The lowest BCUT2D eigenvalue weighted by Gasteiger charge is -2.15. The zero-order chi connectivity index (χ0) is 20.8. The number of rotatable bonds is 6. The molecule has 0 aliphatic heterocycles. The van der Waals surface area contributed by atoms with Crippen molar-refractivity contribution in [1.82, 2.24) is 0 Å². The van der Waals surface area contributed by atoms with Gasteiger partial charge in [0.2, 0.25) is 5.91 Å². The molecule has 2 aromatic rings. The van der Waals surface area contributed by atoms with Crippen molar-refractivity contribution in [1.29, 1.82) is 0 Å². The number of amides is 2. The van der Waals surface area contributed by atoms with Crippen molar-refractivity contribution in [2.24, 2.45) is 0 Å². The average molecular weight is 406 g/mol. The molecule has 0 spiro atoms. The number of hydrogen-bond donors (Lipinski definition) is 3. The fourth-order valence-corrected chi connectivity index (χ4v) is 2.42. The van der Waals surface area contributed by atoms with Crippen LogP contribution in [-0.2, 0) is 14.3 Å². The maximum absolute atomic E-state index is 12.4. The second-order valence-electron chi connectivity index (χ2n) is 5.87. The molecule has 9 heteroatoms. The Bertz CT molecular complexity index is 899. The molecule has 0 heterocycles. The molecule has 4 N–H and O–H groups in total. The van der Waals surface area contributed by atoms with E-state index in [1.165, 1.54) is 33.1 Å².